The van der Waals surface area contributed by atoms with Crippen LogP contribution in [-0.4, -0.2) is 42.6 Å². The molecule has 8 heteroatoms. The number of hydrogen-bond acceptors (Lipinski definition) is 5. The number of carbonyl (C=O) groups excluding carboxylic acids is 2. The van der Waals surface area contributed by atoms with E-state index in [0.29, 0.717) is 39.1 Å². The number of esters is 1. The van der Waals surface area contributed by atoms with Crippen LogP contribution in [-0.2, 0) is 11.3 Å². The predicted molar refractivity (Wildman–Crippen MR) is 108 cm³/mol. The van der Waals surface area contributed by atoms with E-state index in [9.17, 15) is 9.59 Å². The zero-order valence-corrected chi connectivity index (χ0v) is 17.3. The first-order chi connectivity index (χ1) is 13.8. The third-order valence-corrected chi connectivity index (χ3v) is 4.80. The van der Waals surface area contributed by atoms with Crippen molar-refractivity contribution in [1.29, 1.82) is 0 Å². The number of rotatable bonds is 6. The smallest absolute Gasteiger partial charge is 0.341 e. The summed E-state index contributed by atoms with van der Waals surface area (Å²) in [6, 6.07) is 8.63. The SMILES string of the molecule is COC(=O)c1cc(CN(C)C(=O)c2cc(Cl)c(-n3cccc3)cc2OC)oc1C. The third-order valence-electron chi connectivity index (χ3n) is 4.50. The molecule has 29 heavy (non-hydrogen) atoms. The molecule has 0 aliphatic heterocycles. The van der Waals surface area contributed by atoms with Crippen molar-refractivity contribution in [2.75, 3.05) is 21.3 Å². The van der Waals surface area contributed by atoms with Gasteiger partial charge in [0.1, 0.15) is 22.8 Å². The normalized spacial score (nSPS) is 10.7. The number of furan rings is 1. The number of aryl methyl sites for hydroxylation is 1. The Morgan fingerprint density at radius 2 is 1.83 bits per heavy atom. The standard InChI is InChI=1S/C21H21ClN2O5/c1-13-15(21(26)28-4)9-14(29-13)12-23(2)20(25)16-10-17(22)18(11-19(16)27-3)24-7-5-6-8-24/h5-11H,12H2,1-4H3. The molecule has 0 aliphatic rings. The lowest BCUT2D eigenvalue weighted by molar-refractivity contribution is 0.0598. The zero-order chi connectivity index (χ0) is 21.1. The van der Waals surface area contributed by atoms with Gasteiger partial charge < -0.3 is 23.4 Å². The lowest BCUT2D eigenvalue weighted by Gasteiger charge is -2.19. The molecule has 0 saturated carbocycles. The van der Waals surface area contributed by atoms with Crippen molar-refractivity contribution < 1.29 is 23.5 Å². The van der Waals surface area contributed by atoms with Crippen molar-refractivity contribution in [3.63, 3.8) is 0 Å². The van der Waals surface area contributed by atoms with Gasteiger partial charge in [0, 0.05) is 25.5 Å². The number of halogens is 1. The maximum atomic E-state index is 13.0. The summed E-state index contributed by atoms with van der Waals surface area (Å²) in [6.07, 6.45) is 3.71. The number of methoxy groups -OCH3 is 2. The lowest BCUT2D eigenvalue weighted by atomic mass is 10.1. The van der Waals surface area contributed by atoms with Crippen LogP contribution in [0.3, 0.4) is 0 Å². The first-order valence-corrected chi connectivity index (χ1v) is 9.17. The molecule has 0 spiro atoms. The van der Waals surface area contributed by atoms with Gasteiger partial charge in [-0.2, -0.15) is 0 Å². The van der Waals surface area contributed by atoms with Crippen LogP contribution in [0.25, 0.3) is 5.69 Å². The molecule has 3 aromatic rings. The molecule has 0 unspecified atom stereocenters. The van der Waals surface area contributed by atoms with E-state index in [1.165, 1.54) is 19.1 Å². The minimum Gasteiger partial charge on any atom is -0.496 e. The number of ether oxygens (including phenoxy) is 2. The van der Waals surface area contributed by atoms with Crippen LogP contribution in [0.1, 0.15) is 32.2 Å². The van der Waals surface area contributed by atoms with Gasteiger partial charge in [-0.15, -0.1) is 0 Å². The van der Waals surface area contributed by atoms with E-state index < -0.39 is 5.97 Å². The van der Waals surface area contributed by atoms with E-state index in [1.807, 2.05) is 29.1 Å². The molecule has 2 heterocycles. The molecule has 0 fully saturated rings. The van der Waals surface area contributed by atoms with Gasteiger partial charge in [0.2, 0.25) is 0 Å². The molecule has 0 bridgehead atoms. The van der Waals surface area contributed by atoms with Gasteiger partial charge in [-0.1, -0.05) is 11.6 Å². The fraction of sp³-hybridized carbons (Fsp3) is 0.238. The second-order valence-corrected chi connectivity index (χ2v) is 6.84. The third kappa shape index (κ3) is 4.14. The summed E-state index contributed by atoms with van der Waals surface area (Å²) in [4.78, 5) is 26.2. The Bertz CT molecular complexity index is 1040. The Morgan fingerprint density at radius 3 is 2.45 bits per heavy atom. The van der Waals surface area contributed by atoms with E-state index in [4.69, 9.17) is 25.5 Å². The van der Waals surface area contributed by atoms with Gasteiger partial charge in [-0.25, -0.2) is 4.79 Å². The summed E-state index contributed by atoms with van der Waals surface area (Å²) in [7, 11) is 4.43. The molecule has 0 atom stereocenters. The first kappa shape index (κ1) is 20.5. The zero-order valence-electron chi connectivity index (χ0n) is 16.6. The summed E-state index contributed by atoms with van der Waals surface area (Å²) in [6.45, 7) is 1.83. The molecule has 7 nitrogen and oxygen atoms in total. The van der Waals surface area contributed by atoms with Crippen LogP contribution >= 0.6 is 11.6 Å². The second-order valence-electron chi connectivity index (χ2n) is 6.43. The highest BCUT2D eigenvalue weighted by Crippen LogP contribution is 2.31. The fourth-order valence-corrected chi connectivity index (χ4v) is 3.28. The van der Waals surface area contributed by atoms with Gasteiger partial charge >= 0.3 is 5.97 Å². The van der Waals surface area contributed by atoms with Crippen molar-refractivity contribution >= 4 is 23.5 Å². The Balaban J connectivity index is 1.86. The number of nitrogens with zero attached hydrogens (tertiary/aromatic N) is 2. The Labute approximate surface area is 173 Å². The lowest BCUT2D eigenvalue weighted by Crippen LogP contribution is -2.26. The van der Waals surface area contributed by atoms with Gasteiger partial charge in [0.25, 0.3) is 5.91 Å². The Morgan fingerprint density at radius 1 is 1.14 bits per heavy atom. The monoisotopic (exact) mass is 416 g/mol. The van der Waals surface area contributed by atoms with E-state index in [1.54, 1.807) is 32.2 Å². The largest absolute Gasteiger partial charge is 0.496 e. The second kappa shape index (κ2) is 8.45. The molecule has 0 saturated heterocycles. The van der Waals surface area contributed by atoms with Gasteiger partial charge in [0.15, 0.2) is 0 Å². The number of aromatic nitrogens is 1. The summed E-state index contributed by atoms with van der Waals surface area (Å²) in [5.74, 6) is 0.523. The molecule has 0 radical (unpaired) electrons. The number of amides is 1. The minimum absolute atomic E-state index is 0.163. The van der Waals surface area contributed by atoms with Crippen molar-refractivity contribution in [3.8, 4) is 11.4 Å². The summed E-state index contributed by atoms with van der Waals surface area (Å²) in [5.41, 5.74) is 1.37. The molecular formula is C21H21ClN2O5. The fourth-order valence-electron chi connectivity index (χ4n) is 3.02. The topological polar surface area (TPSA) is 73.9 Å². The van der Waals surface area contributed by atoms with Crippen LogP contribution in [0, 0.1) is 6.92 Å². The van der Waals surface area contributed by atoms with Crippen LogP contribution < -0.4 is 4.74 Å². The van der Waals surface area contributed by atoms with E-state index in [0.717, 1.165) is 0 Å². The summed E-state index contributed by atoms with van der Waals surface area (Å²) in [5, 5.41) is 0.417. The van der Waals surface area contributed by atoms with Crippen molar-refractivity contribution in [1.82, 2.24) is 9.47 Å². The molecule has 1 amide bonds. The minimum atomic E-state index is -0.486. The van der Waals surface area contributed by atoms with Crippen molar-refractivity contribution in [2.45, 2.75) is 13.5 Å². The molecule has 3 rings (SSSR count). The first-order valence-electron chi connectivity index (χ1n) is 8.79. The van der Waals surface area contributed by atoms with Crippen LogP contribution in [0.4, 0.5) is 0 Å². The highest BCUT2D eigenvalue weighted by molar-refractivity contribution is 6.33. The Hall–Kier alpha value is -3.19. The number of hydrogen-bond donors (Lipinski definition) is 0. The molecular weight excluding hydrogens is 396 g/mol. The van der Waals surface area contributed by atoms with E-state index in [2.05, 4.69) is 0 Å². The average Bonchev–Trinajstić information content (AvgIpc) is 3.36. The predicted octanol–water partition coefficient (Wildman–Crippen LogP) is 4.10. The number of benzene rings is 1. The molecule has 0 N–H and O–H groups in total. The maximum absolute atomic E-state index is 13.0. The summed E-state index contributed by atoms with van der Waals surface area (Å²) < 4.78 is 17.6. The van der Waals surface area contributed by atoms with Gasteiger partial charge in [0.05, 0.1) is 37.0 Å². The Kier molecular flexibility index (Phi) is 5.98. The average molecular weight is 417 g/mol. The van der Waals surface area contributed by atoms with Crippen LogP contribution in [0.2, 0.25) is 5.02 Å². The van der Waals surface area contributed by atoms with E-state index in [-0.39, 0.29) is 12.5 Å². The van der Waals surface area contributed by atoms with Crippen molar-refractivity contribution in [2.24, 2.45) is 0 Å². The van der Waals surface area contributed by atoms with Crippen LogP contribution in [0.5, 0.6) is 5.75 Å². The highest BCUT2D eigenvalue weighted by atomic mass is 35.5. The molecule has 152 valence electrons. The molecule has 0 aliphatic carbocycles. The number of carbonyl (C=O) groups is 2. The van der Waals surface area contributed by atoms with Crippen LogP contribution in [0.15, 0.2) is 47.1 Å². The van der Waals surface area contributed by atoms with Gasteiger partial charge in [-0.3, -0.25) is 4.79 Å². The molecule has 2 aromatic heterocycles. The van der Waals surface area contributed by atoms with Gasteiger partial charge in [-0.05, 0) is 31.2 Å². The van der Waals surface area contributed by atoms with E-state index >= 15 is 0 Å². The maximum Gasteiger partial charge on any atom is 0.341 e. The molecule has 1 aromatic carbocycles. The summed E-state index contributed by atoms with van der Waals surface area (Å²) >= 11 is 6.42. The van der Waals surface area contributed by atoms with Crippen molar-refractivity contribution in [3.05, 3.63) is 70.4 Å². The highest BCUT2D eigenvalue weighted by Gasteiger charge is 2.22. The quantitative estimate of drug-likeness (QED) is 0.565.